The lowest BCUT2D eigenvalue weighted by Gasteiger charge is -2.06. The number of nitrogens with zero attached hydrogens (tertiary/aromatic N) is 2. The monoisotopic (exact) mass is 303 g/mol. The van der Waals surface area contributed by atoms with Crippen molar-refractivity contribution in [3.8, 4) is 6.07 Å². The van der Waals surface area contributed by atoms with E-state index in [1.54, 1.807) is 30.6 Å². The van der Waals surface area contributed by atoms with Crippen LogP contribution in [0.15, 0.2) is 67.1 Å². The number of H-pyrrole nitrogens is 1. The van der Waals surface area contributed by atoms with Gasteiger partial charge in [0.05, 0.1) is 23.7 Å². The Morgan fingerprint density at radius 3 is 2.48 bits per heavy atom. The number of allylic oxidation sites excluding steroid dienone is 1. The van der Waals surface area contributed by atoms with Gasteiger partial charge in [0.15, 0.2) is 0 Å². The van der Waals surface area contributed by atoms with Crippen LogP contribution >= 0.6 is 0 Å². The fraction of sp³-hybridized carbons (Fsp3) is 0.0526. The van der Waals surface area contributed by atoms with E-state index in [1.165, 1.54) is 12.1 Å². The number of halogens is 1. The smallest absolute Gasteiger partial charge is 0.123 e. The van der Waals surface area contributed by atoms with E-state index in [1.807, 2.05) is 18.3 Å². The molecule has 4 heteroatoms. The third-order valence-electron chi connectivity index (χ3n) is 3.55. The van der Waals surface area contributed by atoms with Crippen molar-refractivity contribution in [3.63, 3.8) is 0 Å². The summed E-state index contributed by atoms with van der Waals surface area (Å²) in [7, 11) is 0. The van der Waals surface area contributed by atoms with E-state index in [-0.39, 0.29) is 5.82 Å². The molecule has 0 saturated carbocycles. The summed E-state index contributed by atoms with van der Waals surface area (Å²) in [5, 5.41) is 8.91. The summed E-state index contributed by atoms with van der Waals surface area (Å²) >= 11 is 0. The van der Waals surface area contributed by atoms with Crippen molar-refractivity contribution in [3.05, 3.63) is 95.3 Å². The largest absolute Gasteiger partial charge is 0.351 e. The maximum Gasteiger partial charge on any atom is 0.123 e. The summed E-state index contributed by atoms with van der Waals surface area (Å²) in [6, 6.07) is 16.0. The molecule has 3 aromatic rings. The molecule has 0 amide bonds. The first-order valence-electron chi connectivity index (χ1n) is 7.20. The Balaban J connectivity index is 1.93. The van der Waals surface area contributed by atoms with E-state index in [4.69, 9.17) is 5.26 Å². The first-order valence-corrected chi connectivity index (χ1v) is 7.20. The highest BCUT2D eigenvalue weighted by Gasteiger charge is 2.07. The van der Waals surface area contributed by atoms with Crippen LogP contribution in [0.2, 0.25) is 0 Å². The number of rotatable bonds is 4. The maximum atomic E-state index is 13.0. The zero-order valence-corrected chi connectivity index (χ0v) is 12.3. The molecule has 23 heavy (non-hydrogen) atoms. The molecular weight excluding hydrogens is 289 g/mol. The van der Waals surface area contributed by atoms with Gasteiger partial charge >= 0.3 is 0 Å². The highest BCUT2D eigenvalue weighted by Crippen LogP contribution is 2.23. The van der Waals surface area contributed by atoms with Gasteiger partial charge < -0.3 is 4.98 Å². The van der Waals surface area contributed by atoms with Gasteiger partial charge in [-0.2, -0.15) is 5.26 Å². The van der Waals surface area contributed by atoms with Crippen LogP contribution in [0.3, 0.4) is 0 Å². The number of aromatic nitrogens is 2. The highest BCUT2D eigenvalue weighted by molar-refractivity contribution is 5.78. The van der Waals surface area contributed by atoms with Gasteiger partial charge in [-0.05, 0) is 41.8 Å². The zero-order chi connectivity index (χ0) is 16.1. The molecule has 1 N–H and O–H groups in total. The van der Waals surface area contributed by atoms with E-state index in [2.05, 4.69) is 22.1 Å². The first-order chi connectivity index (χ1) is 11.3. The van der Waals surface area contributed by atoms with Gasteiger partial charge in [0.2, 0.25) is 0 Å². The number of hydrogen-bond acceptors (Lipinski definition) is 2. The summed E-state index contributed by atoms with van der Waals surface area (Å²) in [5.74, 6) is -0.239. The molecule has 2 aromatic carbocycles. The van der Waals surface area contributed by atoms with Crippen LogP contribution in [-0.4, -0.2) is 9.97 Å². The second kappa shape index (κ2) is 6.71. The van der Waals surface area contributed by atoms with Gasteiger partial charge in [-0.3, -0.25) is 0 Å². The van der Waals surface area contributed by atoms with Gasteiger partial charge in [0.25, 0.3) is 0 Å². The first kappa shape index (κ1) is 14.7. The molecule has 0 radical (unpaired) electrons. The van der Waals surface area contributed by atoms with Crippen LogP contribution in [0, 0.1) is 17.1 Å². The molecule has 0 atom stereocenters. The lowest BCUT2D eigenvalue weighted by atomic mass is 9.99. The predicted octanol–water partition coefficient (Wildman–Crippen LogP) is 4.09. The number of benzene rings is 2. The normalized spacial score (nSPS) is 11.2. The molecule has 0 aliphatic carbocycles. The van der Waals surface area contributed by atoms with Crippen LogP contribution in [0.5, 0.6) is 0 Å². The molecule has 3 rings (SSSR count). The number of nitrogens with one attached hydrogen (secondary N) is 1. The van der Waals surface area contributed by atoms with E-state index >= 15 is 0 Å². The molecule has 0 spiro atoms. The lowest BCUT2D eigenvalue weighted by Crippen LogP contribution is -1.91. The second-order valence-corrected chi connectivity index (χ2v) is 5.09. The van der Waals surface area contributed by atoms with Crippen LogP contribution in [-0.2, 0) is 6.42 Å². The van der Waals surface area contributed by atoms with Crippen LogP contribution in [0.1, 0.15) is 22.4 Å². The van der Waals surface area contributed by atoms with Crippen molar-refractivity contribution < 1.29 is 4.39 Å². The average Bonchev–Trinajstić information content (AvgIpc) is 3.12. The van der Waals surface area contributed by atoms with Gasteiger partial charge in [-0.25, -0.2) is 9.37 Å². The Hall–Kier alpha value is -3.19. The Labute approximate surface area is 133 Å². The minimum absolute atomic E-state index is 0.239. The molecule has 3 nitrogen and oxygen atoms in total. The molecule has 0 saturated heterocycles. The number of hydrogen-bond donors (Lipinski definition) is 1. The summed E-state index contributed by atoms with van der Waals surface area (Å²) in [4.78, 5) is 7.27. The van der Waals surface area contributed by atoms with E-state index in [9.17, 15) is 4.39 Å². The molecule has 0 bridgehead atoms. The Morgan fingerprint density at radius 1 is 1.13 bits per heavy atom. The molecule has 1 heterocycles. The third kappa shape index (κ3) is 3.53. The van der Waals surface area contributed by atoms with E-state index in [0.29, 0.717) is 12.0 Å². The third-order valence-corrected chi connectivity index (χ3v) is 3.55. The summed E-state index contributed by atoms with van der Waals surface area (Å²) in [6.07, 6.45) is 6.19. The molecule has 0 aliphatic heterocycles. The number of aromatic amines is 1. The van der Waals surface area contributed by atoms with Crippen molar-refractivity contribution in [2.24, 2.45) is 0 Å². The average molecular weight is 303 g/mol. The van der Waals surface area contributed by atoms with Crippen molar-refractivity contribution in [2.75, 3.05) is 0 Å². The predicted molar refractivity (Wildman–Crippen MR) is 86.9 cm³/mol. The summed E-state index contributed by atoms with van der Waals surface area (Å²) < 4.78 is 13.0. The number of nitriles is 1. The van der Waals surface area contributed by atoms with Gasteiger partial charge in [-0.1, -0.05) is 30.3 Å². The fourth-order valence-electron chi connectivity index (χ4n) is 2.34. The Morgan fingerprint density at radius 2 is 1.87 bits per heavy atom. The van der Waals surface area contributed by atoms with Crippen molar-refractivity contribution >= 4 is 5.57 Å². The zero-order valence-electron chi connectivity index (χ0n) is 12.3. The fourth-order valence-corrected chi connectivity index (χ4v) is 2.34. The second-order valence-electron chi connectivity index (χ2n) is 5.09. The molecule has 112 valence electrons. The molecule has 0 fully saturated rings. The molecule has 0 unspecified atom stereocenters. The maximum absolute atomic E-state index is 13.0. The van der Waals surface area contributed by atoms with E-state index in [0.717, 1.165) is 22.4 Å². The topological polar surface area (TPSA) is 52.5 Å². The highest BCUT2D eigenvalue weighted by atomic mass is 19.1. The summed E-state index contributed by atoms with van der Waals surface area (Å²) in [5.41, 5.74) is 4.43. The lowest BCUT2D eigenvalue weighted by molar-refractivity contribution is 0.627. The van der Waals surface area contributed by atoms with Crippen molar-refractivity contribution in [1.82, 2.24) is 9.97 Å². The van der Waals surface area contributed by atoms with Crippen LogP contribution in [0.25, 0.3) is 5.57 Å². The molecule has 1 aromatic heterocycles. The van der Waals surface area contributed by atoms with Crippen LogP contribution in [0.4, 0.5) is 4.39 Å². The minimum atomic E-state index is -0.239. The molecular formula is C19H14FN3. The standard InChI is InChI=1S/C19H14FN3/c20-17-8-3-14(4-9-17)5-10-18(19-12-22-13-23-19)16-6-1-15(11-21)2-7-16/h1-4,6-10,12-13H,5H2,(H,22,23)/b18-10-. The Bertz CT molecular complexity index is 839. The quantitative estimate of drug-likeness (QED) is 0.789. The molecule has 0 aliphatic rings. The minimum Gasteiger partial charge on any atom is -0.351 e. The SMILES string of the molecule is N#Cc1ccc(/C(=C/Cc2ccc(F)cc2)c2c[nH]cn2)cc1. The Kier molecular flexibility index (Phi) is 4.30. The number of imidazole rings is 1. The van der Waals surface area contributed by atoms with Crippen molar-refractivity contribution in [1.29, 1.82) is 5.26 Å². The van der Waals surface area contributed by atoms with Gasteiger partial charge in [-0.15, -0.1) is 0 Å². The van der Waals surface area contributed by atoms with Gasteiger partial charge in [0, 0.05) is 11.8 Å². The van der Waals surface area contributed by atoms with Crippen molar-refractivity contribution in [2.45, 2.75) is 6.42 Å². The van der Waals surface area contributed by atoms with Crippen LogP contribution < -0.4 is 0 Å². The van der Waals surface area contributed by atoms with E-state index < -0.39 is 0 Å². The van der Waals surface area contributed by atoms with Gasteiger partial charge in [0.1, 0.15) is 5.82 Å². The summed E-state index contributed by atoms with van der Waals surface area (Å²) in [6.45, 7) is 0.